The summed E-state index contributed by atoms with van der Waals surface area (Å²) in [6.07, 6.45) is 0.747. The Hall–Kier alpha value is -4.13. The highest BCUT2D eigenvalue weighted by Crippen LogP contribution is 2.29. The molecule has 1 aliphatic heterocycles. The first kappa shape index (κ1) is 32.8. The van der Waals surface area contributed by atoms with Gasteiger partial charge < -0.3 is 25.8 Å². The predicted molar refractivity (Wildman–Crippen MR) is 172 cm³/mol. The van der Waals surface area contributed by atoms with Crippen LogP contribution in [0.3, 0.4) is 0 Å². The van der Waals surface area contributed by atoms with E-state index in [1.165, 1.54) is 0 Å². The molecule has 3 atom stereocenters. The van der Waals surface area contributed by atoms with Crippen molar-refractivity contribution in [2.75, 3.05) is 48.8 Å². The van der Waals surface area contributed by atoms with Crippen molar-refractivity contribution < 1.29 is 27.9 Å². The zero-order chi connectivity index (χ0) is 32.0. The molecule has 3 aromatic carbocycles. The van der Waals surface area contributed by atoms with Gasteiger partial charge in [-0.3, -0.25) is 19.2 Å². The molecule has 0 unspecified atom stereocenters. The number of hydrogen-bond donors (Lipinski definition) is 4. The number of carbonyl (C=O) groups excluding carboxylic acids is 2. The van der Waals surface area contributed by atoms with Gasteiger partial charge in [0.2, 0.25) is 15.9 Å². The molecule has 0 aliphatic carbocycles. The van der Waals surface area contributed by atoms with Gasteiger partial charge in [0.05, 0.1) is 36.7 Å². The molecule has 1 heterocycles. The average molecular weight is 624 g/mol. The number of fused-ring (bicyclic) bond motifs is 1. The maximum atomic E-state index is 13.4. The molecule has 0 spiro atoms. The number of amides is 2. The first-order valence-corrected chi connectivity index (χ1v) is 16.3. The summed E-state index contributed by atoms with van der Waals surface area (Å²) in [6, 6.07) is 19.0. The number of nitrogens with zero attached hydrogens (tertiary/aromatic N) is 2. The molecule has 44 heavy (non-hydrogen) atoms. The molecule has 0 fully saturated rings. The van der Waals surface area contributed by atoms with E-state index in [2.05, 4.69) is 14.9 Å². The largest absolute Gasteiger partial charge is 0.488 e. The van der Waals surface area contributed by atoms with E-state index in [9.17, 15) is 23.1 Å². The van der Waals surface area contributed by atoms with Crippen molar-refractivity contribution in [2.24, 2.45) is 5.92 Å². The first-order valence-electron chi connectivity index (χ1n) is 14.4. The van der Waals surface area contributed by atoms with Crippen molar-refractivity contribution in [3.8, 4) is 5.75 Å². The summed E-state index contributed by atoms with van der Waals surface area (Å²) in [4.78, 5) is 29.9. The van der Waals surface area contributed by atoms with Gasteiger partial charge in [0.25, 0.3) is 5.91 Å². The molecule has 4 rings (SSSR count). The van der Waals surface area contributed by atoms with Crippen LogP contribution in [0.2, 0.25) is 0 Å². The van der Waals surface area contributed by atoms with E-state index in [1.807, 2.05) is 32.2 Å². The summed E-state index contributed by atoms with van der Waals surface area (Å²) in [5.41, 5.74) is 9.41. The lowest BCUT2D eigenvalue weighted by Gasteiger charge is -2.34. The summed E-state index contributed by atoms with van der Waals surface area (Å²) >= 11 is 0. The van der Waals surface area contributed by atoms with Crippen molar-refractivity contribution in [3.63, 3.8) is 0 Å². The van der Waals surface area contributed by atoms with Crippen LogP contribution in [0.15, 0.2) is 66.7 Å². The number of anilines is 3. The maximum Gasteiger partial charge on any atom is 0.255 e. The molecule has 0 saturated carbocycles. The number of nitrogen functional groups attached to an aromatic ring is 1. The van der Waals surface area contributed by atoms with Crippen LogP contribution in [0.4, 0.5) is 17.1 Å². The Morgan fingerprint density at radius 3 is 2.52 bits per heavy atom. The summed E-state index contributed by atoms with van der Waals surface area (Å²) < 4.78 is 32.6. The number of hydrogen-bond acceptors (Lipinski definition) is 8. The average Bonchev–Trinajstić information content (AvgIpc) is 3.00. The number of aliphatic hydroxyl groups is 1. The Balaban J connectivity index is 1.50. The number of ether oxygens (including phenoxy) is 1. The van der Waals surface area contributed by atoms with E-state index in [1.54, 1.807) is 60.4 Å². The Morgan fingerprint density at radius 1 is 1.16 bits per heavy atom. The standard InChI is InChI=1S/C32H41N5O6S/c1-21-17-37(22(2)20-38)31(39)16-25-15-26(35-44(4,41)42)13-14-29(25)43-30(21)19-36(3)18-23-9-11-24(12-10-23)32(40)34-28-8-6-5-7-27(28)33/h5-15,21-22,30,35,38H,16-20,33H2,1-4H3,(H,34,40)/t21-,22-,30-/m0/s1. The topological polar surface area (TPSA) is 154 Å². The molecule has 0 saturated heterocycles. The number of para-hydroxylation sites is 2. The maximum absolute atomic E-state index is 13.4. The van der Waals surface area contributed by atoms with Crippen molar-refractivity contribution in [3.05, 3.63) is 83.4 Å². The van der Waals surface area contributed by atoms with E-state index in [-0.39, 0.29) is 36.9 Å². The highest BCUT2D eigenvalue weighted by Gasteiger charge is 2.31. The Morgan fingerprint density at radius 2 is 1.86 bits per heavy atom. The molecule has 0 aromatic heterocycles. The minimum atomic E-state index is -3.51. The molecule has 11 nitrogen and oxygen atoms in total. The highest BCUT2D eigenvalue weighted by molar-refractivity contribution is 7.92. The number of rotatable bonds is 10. The van der Waals surface area contributed by atoms with Crippen molar-refractivity contribution in [1.82, 2.24) is 9.80 Å². The van der Waals surface area contributed by atoms with Crippen LogP contribution >= 0.6 is 0 Å². The second-order valence-corrected chi connectivity index (χ2v) is 13.3. The Bertz CT molecular complexity index is 1580. The predicted octanol–water partition coefficient (Wildman–Crippen LogP) is 3.17. The molecule has 0 radical (unpaired) electrons. The number of nitrogens with one attached hydrogen (secondary N) is 2. The van der Waals surface area contributed by atoms with Gasteiger partial charge in [-0.2, -0.15) is 0 Å². The molecule has 3 aromatic rings. The molecule has 0 bridgehead atoms. The van der Waals surface area contributed by atoms with E-state index < -0.39 is 16.1 Å². The molecular formula is C32H41N5O6S. The molecule has 1 aliphatic rings. The zero-order valence-electron chi connectivity index (χ0n) is 25.5. The van der Waals surface area contributed by atoms with Crippen LogP contribution in [0.5, 0.6) is 5.75 Å². The number of carbonyl (C=O) groups is 2. The third-order valence-corrected chi connectivity index (χ3v) is 8.20. The van der Waals surface area contributed by atoms with Gasteiger partial charge in [-0.1, -0.05) is 31.2 Å². The lowest BCUT2D eigenvalue weighted by atomic mass is 10.0. The molecule has 12 heteroatoms. The van der Waals surface area contributed by atoms with E-state index in [0.717, 1.165) is 11.8 Å². The van der Waals surface area contributed by atoms with Gasteiger partial charge in [0, 0.05) is 42.4 Å². The summed E-state index contributed by atoms with van der Waals surface area (Å²) in [6.45, 7) is 5.12. The smallest absolute Gasteiger partial charge is 0.255 e. The van der Waals surface area contributed by atoms with Crippen molar-refractivity contribution in [1.29, 1.82) is 0 Å². The minimum absolute atomic E-state index is 0.00499. The molecular weight excluding hydrogens is 582 g/mol. The second kappa shape index (κ2) is 14.1. The van der Waals surface area contributed by atoms with Gasteiger partial charge in [-0.25, -0.2) is 8.42 Å². The van der Waals surface area contributed by atoms with Gasteiger partial charge in [0.1, 0.15) is 11.9 Å². The fourth-order valence-corrected chi connectivity index (χ4v) is 5.73. The SMILES string of the molecule is C[C@H]1CN([C@@H](C)CO)C(=O)Cc2cc(NS(C)(=O)=O)ccc2O[C@H]1CN(C)Cc1ccc(C(=O)Nc2ccccc2N)cc1. The highest BCUT2D eigenvalue weighted by atomic mass is 32.2. The second-order valence-electron chi connectivity index (χ2n) is 11.5. The monoisotopic (exact) mass is 623 g/mol. The Kier molecular flexibility index (Phi) is 10.5. The van der Waals surface area contributed by atoms with E-state index in [4.69, 9.17) is 10.5 Å². The summed E-state index contributed by atoms with van der Waals surface area (Å²) in [5, 5.41) is 12.7. The number of nitrogens with two attached hydrogens (primary N) is 1. The molecule has 5 N–H and O–H groups in total. The molecule has 236 valence electrons. The van der Waals surface area contributed by atoms with Crippen molar-refractivity contribution >= 4 is 38.9 Å². The number of sulfonamides is 1. The third-order valence-electron chi connectivity index (χ3n) is 7.59. The summed E-state index contributed by atoms with van der Waals surface area (Å²) in [7, 11) is -1.54. The fourth-order valence-electron chi connectivity index (χ4n) is 5.18. The number of benzene rings is 3. The Labute approximate surface area is 259 Å². The van der Waals surface area contributed by atoms with E-state index >= 15 is 0 Å². The number of aliphatic hydroxyl groups excluding tert-OH is 1. The zero-order valence-corrected chi connectivity index (χ0v) is 26.3. The van der Waals surface area contributed by atoms with Crippen LogP contribution in [0.1, 0.15) is 35.3 Å². The first-order chi connectivity index (χ1) is 20.8. The van der Waals surface area contributed by atoms with Gasteiger partial charge in [-0.15, -0.1) is 0 Å². The van der Waals surface area contributed by atoms with E-state index in [0.29, 0.717) is 53.6 Å². The van der Waals surface area contributed by atoms with Crippen LogP contribution in [-0.4, -0.2) is 80.3 Å². The van der Waals surface area contributed by atoms with Gasteiger partial charge >= 0.3 is 0 Å². The molecule has 2 amide bonds. The van der Waals surface area contributed by atoms with Gasteiger partial charge in [0.15, 0.2) is 0 Å². The lowest BCUT2D eigenvalue weighted by Crippen LogP contribution is -2.47. The fraction of sp³-hybridized carbons (Fsp3) is 0.375. The van der Waals surface area contributed by atoms with Crippen LogP contribution in [0.25, 0.3) is 0 Å². The third kappa shape index (κ3) is 8.71. The minimum Gasteiger partial charge on any atom is -0.488 e. The number of likely N-dealkylation sites (N-methyl/N-ethyl adjacent to an activating group) is 1. The van der Waals surface area contributed by atoms with Crippen LogP contribution in [-0.2, 0) is 27.8 Å². The van der Waals surface area contributed by atoms with Crippen LogP contribution < -0.4 is 20.5 Å². The summed E-state index contributed by atoms with van der Waals surface area (Å²) in [5.74, 6) is -0.00421. The van der Waals surface area contributed by atoms with Gasteiger partial charge in [-0.05, 0) is 62.0 Å². The normalized spacial score (nSPS) is 18.0. The van der Waals surface area contributed by atoms with Crippen LogP contribution in [0, 0.1) is 5.92 Å². The quantitative estimate of drug-likeness (QED) is 0.251. The van der Waals surface area contributed by atoms with Crippen molar-refractivity contribution in [2.45, 2.75) is 39.0 Å². The lowest BCUT2D eigenvalue weighted by molar-refractivity contribution is -0.134.